The van der Waals surface area contributed by atoms with Crippen LogP contribution in [0, 0.1) is 5.92 Å². The highest BCUT2D eigenvalue weighted by Crippen LogP contribution is 2.30. The molecule has 0 radical (unpaired) electrons. The number of ether oxygens (including phenoxy) is 2. The Kier molecular flexibility index (Phi) is 6.50. The normalized spacial score (nSPS) is 21.7. The molecule has 4 rings (SSSR count). The number of nitrogens with zero attached hydrogens (tertiary/aromatic N) is 3. The minimum Gasteiger partial charge on any atom is -0.379 e. The number of fused-ring (bicyclic) bond motifs is 1. The maximum absolute atomic E-state index is 13.6. The number of imide groups is 1. The van der Waals surface area contributed by atoms with Gasteiger partial charge in [-0.05, 0) is 12.1 Å². The summed E-state index contributed by atoms with van der Waals surface area (Å²) in [5, 5.41) is 0. The van der Waals surface area contributed by atoms with E-state index in [2.05, 4.69) is 11.5 Å². The van der Waals surface area contributed by atoms with Crippen molar-refractivity contribution in [3.05, 3.63) is 47.5 Å². The lowest BCUT2D eigenvalue weighted by Crippen LogP contribution is -2.56. The van der Waals surface area contributed by atoms with Crippen molar-refractivity contribution in [3.8, 4) is 0 Å². The molecule has 8 nitrogen and oxygen atoms in total. The molecule has 2 atom stereocenters. The molecular formula is C23H29N3O5. The summed E-state index contributed by atoms with van der Waals surface area (Å²) in [6.45, 7) is 11.4. The topological polar surface area (TPSA) is 79.4 Å². The van der Waals surface area contributed by atoms with E-state index < -0.39 is 17.9 Å². The monoisotopic (exact) mass is 427 g/mol. The summed E-state index contributed by atoms with van der Waals surface area (Å²) in [5.74, 6) is -1.45. The Morgan fingerprint density at radius 1 is 0.968 bits per heavy atom. The van der Waals surface area contributed by atoms with Gasteiger partial charge in [0.1, 0.15) is 6.04 Å². The first kappa shape index (κ1) is 21.7. The number of rotatable bonds is 6. The Morgan fingerprint density at radius 3 is 2.03 bits per heavy atom. The summed E-state index contributed by atoms with van der Waals surface area (Å²) < 4.78 is 10.8. The van der Waals surface area contributed by atoms with Crippen LogP contribution in [-0.4, -0.2) is 97.6 Å². The Balaban J connectivity index is 1.61. The van der Waals surface area contributed by atoms with Gasteiger partial charge in [0, 0.05) is 38.6 Å². The minimum absolute atomic E-state index is 0.228. The van der Waals surface area contributed by atoms with Crippen LogP contribution >= 0.6 is 0 Å². The standard InChI is InChI=1S/C23H29N3O5/c1-16(15-24-7-11-30-12-8-24)17(2)20(23(29)25-9-13-31-14-10-25)26-21(27)18-5-3-4-6-19(18)22(26)28/h3-6,17,20H,1,7-15H2,2H3/t17-,20+/m1/s1. The van der Waals surface area contributed by atoms with Gasteiger partial charge < -0.3 is 14.4 Å². The average Bonchev–Trinajstić information content (AvgIpc) is 3.06. The van der Waals surface area contributed by atoms with Crippen molar-refractivity contribution in [1.82, 2.24) is 14.7 Å². The summed E-state index contributed by atoms with van der Waals surface area (Å²) in [5.41, 5.74) is 1.52. The molecule has 2 fully saturated rings. The Labute approximate surface area is 182 Å². The molecule has 31 heavy (non-hydrogen) atoms. The zero-order chi connectivity index (χ0) is 22.0. The zero-order valence-electron chi connectivity index (χ0n) is 17.9. The number of carbonyl (C=O) groups excluding carboxylic acids is 3. The molecular weight excluding hydrogens is 398 g/mol. The molecule has 3 amide bonds. The molecule has 166 valence electrons. The van der Waals surface area contributed by atoms with E-state index in [1.807, 2.05) is 6.92 Å². The molecule has 8 heteroatoms. The highest BCUT2D eigenvalue weighted by atomic mass is 16.5. The van der Waals surface area contributed by atoms with Crippen LogP contribution in [0.25, 0.3) is 0 Å². The number of benzene rings is 1. The van der Waals surface area contributed by atoms with Crippen LogP contribution in [0.2, 0.25) is 0 Å². The highest BCUT2D eigenvalue weighted by molar-refractivity contribution is 6.22. The van der Waals surface area contributed by atoms with Crippen molar-refractivity contribution in [2.24, 2.45) is 5.92 Å². The van der Waals surface area contributed by atoms with Gasteiger partial charge in [-0.3, -0.25) is 24.2 Å². The largest absolute Gasteiger partial charge is 0.379 e. The van der Waals surface area contributed by atoms with Crippen molar-refractivity contribution in [2.75, 3.05) is 59.2 Å². The smallest absolute Gasteiger partial charge is 0.262 e. The van der Waals surface area contributed by atoms with E-state index >= 15 is 0 Å². The van der Waals surface area contributed by atoms with Crippen molar-refractivity contribution < 1.29 is 23.9 Å². The zero-order valence-corrected chi connectivity index (χ0v) is 17.9. The summed E-state index contributed by atoms with van der Waals surface area (Å²) >= 11 is 0. The van der Waals surface area contributed by atoms with E-state index in [1.165, 1.54) is 0 Å². The lowest BCUT2D eigenvalue weighted by atomic mass is 9.91. The van der Waals surface area contributed by atoms with Gasteiger partial charge in [0.2, 0.25) is 5.91 Å². The summed E-state index contributed by atoms with van der Waals surface area (Å²) in [4.78, 5) is 45.1. The molecule has 3 heterocycles. The van der Waals surface area contributed by atoms with E-state index in [9.17, 15) is 14.4 Å². The van der Waals surface area contributed by atoms with Crippen LogP contribution in [0.3, 0.4) is 0 Å². The number of amides is 3. The molecule has 2 saturated heterocycles. The molecule has 0 aliphatic carbocycles. The molecule has 0 unspecified atom stereocenters. The van der Waals surface area contributed by atoms with Gasteiger partial charge in [0.05, 0.1) is 37.6 Å². The van der Waals surface area contributed by atoms with Crippen LogP contribution in [0.4, 0.5) is 0 Å². The SMILES string of the molecule is C=C(CN1CCOCC1)[C@@H](C)[C@@H](C(=O)N1CCOCC1)N1C(=O)c2ccccc2C1=O. The third-order valence-electron chi connectivity index (χ3n) is 6.33. The molecule has 3 aliphatic heterocycles. The number of carbonyl (C=O) groups is 3. The van der Waals surface area contributed by atoms with E-state index in [-0.39, 0.29) is 11.8 Å². The average molecular weight is 428 g/mol. The van der Waals surface area contributed by atoms with Crippen molar-refractivity contribution >= 4 is 17.7 Å². The highest BCUT2D eigenvalue weighted by Gasteiger charge is 2.46. The first-order chi connectivity index (χ1) is 15.0. The van der Waals surface area contributed by atoms with Gasteiger partial charge in [-0.1, -0.05) is 31.2 Å². The molecule has 0 saturated carbocycles. The van der Waals surface area contributed by atoms with Gasteiger partial charge in [-0.15, -0.1) is 0 Å². The summed E-state index contributed by atoms with van der Waals surface area (Å²) in [7, 11) is 0. The Bertz CT molecular complexity index is 839. The third-order valence-corrected chi connectivity index (χ3v) is 6.33. The van der Waals surface area contributed by atoms with Gasteiger partial charge in [-0.2, -0.15) is 0 Å². The fraction of sp³-hybridized carbons (Fsp3) is 0.522. The maximum atomic E-state index is 13.6. The van der Waals surface area contributed by atoms with E-state index in [0.717, 1.165) is 23.6 Å². The van der Waals surface area contributed by atoms with Crippen molar-refractivity contribution in [1.29, 1.82) is 0 Å². The fourth-order valence-electron chi connectivity index (χ4n) is 4.39. The van der Waals surface area contributed by atoms with Crippen LogP contribution in [0.1, 0.15) is 27.6 Å². The first-order valence-corrected chi connectivity index (χ1v) is 10.8. The second kappa shape index (κ2) is 9.30. The lowest BCUT2D eigenvalue weighted by molar-refractivity contribution is -0.140. The fourth-order valence-corrected chi connectivity index (χ4v) is 4.39. The molecule has 3 aliphatic rings. The second-order valence-corrected chi connectivity index (χ2v) is 8.24. The quantitative estimate of drug-likeness (QED) is 0.499. The van der Waals surface area contributed by atoms with Crippen LogP contribution in [0.15, 0.2) is 36.4 Å². The number of hydrogen-bond donors (Lipinski definition) is 0. The van der Waals surface area contributed by atoms with Gasteiger partial charge in [0.25, 0.3) is 11.8 Å². The number of hydrogen-bond acceptors (Lipinski definition) is 6. The van der Waals surface area contributed by atoms with Gasteiger partial charge in [0.15, 0.2) is 0 Å². The predicted molar refractivity (Wildman–Crippen MR) is 114 cm³/mol. The van der Waals surface area contributed by atoms with Gasteiger partial charge in [-0.25, -0.2) is 0 Å². The summed E-state index contributed by atoms with van der Waals surface area (Å²) in [6, 6.07) is 5.80. The van der Waals surface area contributed by atoms with E-state index in [0.29, 0.717) is 57.2 Å². The van der Waals surface area contributed by atoms with Crippen LogP contribution < -0.4 is 0 Å². The Morgan fingerprint density at radius 2 is 1.48 bits per heavy atom. The Hall–Kier alpha value is -2.55. The predicted octanol–water partition coefficient (Wildman–Crippen LogP) is 1.03. The molecule has 0 aromatic heterocycles. The van der Waals surface area contributed by atoms with Crippen LogP contribution in [0.5, 0.6) is 0 Å². The van der Waals surface area contributed by atoms with Gasteiger partial charge >= 0.3 is 0 Å². The third kappa shape index (κ3) is 4.28. The van der Waals surface area contributed by atoms with E-state index in [4.69, 9.17) is 9.47 Å². The minimum atomic E-state index is -0.931. The molecule has 0 bridgehead atoms. The van der Waals surface area contributed by atoms with E-state index in [1.54, 1.807) is 29.2 Å². The molecule has 0 spiro atoms. The van der Waals surface area contributed by atoms with Crippen molar-refractivity contribution in [3.63, 3.8) is 0 Å². The molecule has 1 aromatic rings. The first-order valence-electron chi connectivity index (χ1n) is 10.8. The maximum Gasteiger partial charge on any atom is 0.262 e. The second-order valence-electron chi connectivity index (χ2n) is 8.24. The van der Waals surface area contributed by atoms with Crippen LogP contribution in [-0.2, 0) is 14.3 Å². The van der Waals surface area contributed by atoms with Crippen molar-refractivity contribution in [2.45, 2.75) is 13.0 Å². The summed E-state index contributed by atoms with van der Waals surface area (Å²) in [6.07, 6.45) is 0. The molecule has 1 aromatic carbocycles. The molecule has 0 N–H and O–H groups in total. The number of morpholine rings is 2. The lowest BCUT2D eigenvalue weighted by Gasteiger charge is -2.38.